The summed E-state index contributed by atoms with van der Waals surface area (Å²) in [7, 11) is 3.69. The summed E-state index contributed by atoms with van der Waals surface area (Å²) in [6, 6.07) is 3.88. The zero-order chi connectivity index (χ0) is 13.1. The highest BCUT2D eigenvalue weighted by Crippen LogP contribution is 2.28. The molecular formula is C12H15ClIN3O. The van der Waals surface area contributed by atoms with E-state index in [2.05, 4.69) is 37.8 Å². The molecule has 1 aliphatic heterocycles. The van der Waals surface area contributed by atoms with Crippen LogP contribution in [0.25, 0.3) is 0 Å². The van der Waals surface area contributed by atoms with Crippen molar-refractivity contribution >= 4 is 40.2 Å². The van der Waals surface area contributed by atoms with E-state index in [4.69, 9.17) is 16.3 Å². The van der Waals surface area contributed by atoms with Crippen molar-refractivity contribution in [2.24, 2.45) is 4.99 Å². The molecule has 1 heterocycles. The molecule has 0 unspecified atom stereocenters. The van der Waals surface area contributed by atoms with Crippen LogP contribution in [0.1, 0.15) is 5.56 Å². The molecule has 1 aliphatic rings. The second kappa shape index (κ2) is 5.97. The lowest BCUT2D eigenvalue weighted by atomic mass is 10.2. The number of halogens is 2. The van der Waals surface area contributed by atoms with Crippen molar-refractivity contribution in [1.29, 1.82) is 0 Å². The van der Waals surface area contributed by atoms with E-state index >= 15 is 0 Å². The van der Waals surface area contributed by atoms with Crippen LogP contribution in [0.4, 0.5) is 0 Å². The highest BCUT2D eigenvalue weighted by molar-refractivity contribution is 14.1. The van der Waals surface area contributed by atoms with Gasteiger partial charge in [0.15, 0.2) is 5.96 Å². The number of aliphatic imine (C=N–C) groups is 1. The third-order valence-electron chi connectivity index (χ3n) is 2.82. The Kier molecular flexibility index (Phi) is 4.55. The van der Waals surface area contributed by atoms with E-state index < -0.39 is 0 Å². The van der Waals surface area contributed by atoms with Crippen molar-refractivity contribution in [1.82, 2.24) is 10.2 Å². The molecule has 0 bridgehead atoms. The number of hydrogen-bond acceptors (Lipinski definition) is 4. The van der Waals surface area contributed by atoms with E-state index in [9.17, 15) is 0 Å². The minimum Gasteiger partial charge on any atom is -0.496 e. The molecular weight excluding hydrogens is 365 g/mol. The van der Waals surface area contributed by atoms with Crippen molar-refractivity contribution in [2.75, 3.05) is 27.2 Å². The summed E-state index contributed by atoms with van der Waals surface area (Å²) < 4.78 is 6.36. The van der Waals surface area contributed by atoms with Crippen molar-refractivity contribution in [3.63, 3.8) is 0 Å². The summed E-state index contributed by atoms with van der Waals surface area (Å²) in [6.07, 6.45) is 0. The van der Waals surface area contributed by atoms with Crippen LogP contribution in [-0.2, 0) is 6.54 Å². The average molecular weight is 380 g/mol. The van der Waals surface area contributed by atoms with Crippen molar-refractivity contribution in [3.05, 3.63) is 26.3 Å². The van der Waals surface area contributed by atoms with Gasteiger partial charge in [0.2, 0.25) is 0 Å². The molecule has 0 aliphatic carbocycles. The van der Waals surface area contributed by atoms with Gasteiger partial charge < -0.3 is 15.0 Å². The maximum atomic E-state index is 6.14. The fourth-order valence-electron chi connectivity index (χ4n) is 1.80. The molecule has 0 fully saturated rings. The Bertz CT molecular complexity index is 479. The fraction of sp³-hybridized carbons (Fsp3) is 0.417. The second-order valence-corrected chi connectivity index (χ2v) is 5.63. The topological polar surface area (TPSA) is 36.9 Å². The highest BCUT2D eigenvalue weighted by Gasteiger charge is 2.13. The smallest absolute Gasteiger partial charge is 0.194 e. The number of methoxy groups -OCH3 is 1. The standard InChI is InChI=1S/C12H15ClIN3O/c1-17-4-3-15-12(17)16-7-8-5-9(13)10(14)6-11(8)18-2/h5-6H,3-4,7H2,1-2H3,(H,15,16). The Hall–Kier alpha value is -0.690. The van der Waals surface area contributed by atoms with Crippen LogP contribution >= 0.6 is 34.2 Å². The molecule has 0 saturated heterocycles. The largest absolute Gasteiger partial charge is 0.496 e. The van der Waals surface area contributed by atoms with E-state index in [1.807, 2.05) is 19.2 Å². The molecule has 0 saturated carbocycles. The van der Waals surface area contributed by atoms with Gasteiger partial charge in [-0.25, -0.2) is 0 Å². The van der Waals surface area contributed by atoms with E-state index in [0.29, 0.717) is 6.54 Å². The van der Waals surface area contributed by atoms with E-state index in [0.717, 1.165) is 39.0 Å². The summed E-state index contributed by atoms with van der Waals surface area (Å²) in [5.74, 6) is 1.77. The summed E-state index contributed by atoms with van der Waals surface area (Å²) in [4.78, 5) is 6.48. The number of likely N-dealkylation sites (N-methyl/N-ethyl adjacent to an activating group) is 1. The Labute approximate surface area is 125 Å². The first-order valence-corrected chi connectivity index (χ1v) is 7.09. The van der Waals surface area contributed by atoms with Crippen LogP contribution in [0.2, 0.25) is 5.02 Å². The van der Waals surface area contributed by atoms with Crippen LogP contribution in [0.5, 0.6) is 5.75 Å². The van der Waals surface area contributed by atoms with Crippen molar-refractivity contribution in [3.8, 4) is 5.75 Å². The molecule has 6 heteroatoms. The summed E-state index contributed by atoms with van der Waals surface area (Å²) in [5.41, 5.74) is 1.03. The number of guanidine groups is 1. The Morgan fingerprint density at radius 1 is 1.56 bits per heavy atom. The first-order valence-electron chi connectivity index (χ1n) is 5.63. The molecule has 1 aromatic carbocycles. The van der Waals surface area contributed by atoms with Gasteiger partial charge in [0.05, 0.1) is 18.7 Å². The lowest BCUT2D eigenvalue weighted by molar-refractivity contribution is 0.408. The Morgan fingerprint density at radius 3 is 2.94 bits per heavy atom. The van der Waals surface area contributed by atoms with Gasteiger partial charge in [0.1, 0.15) is 5.75 Å². The lowest BCUT2D eigenvalue weighted by Crippen LogP contribution is -2.35. The molecule has 98 valence electrons. The quantitative estimate of drug-likeness (QED) is 0.819. The van der Waals surface area contributed by atoms with E-state index in [-0.39, 0.29) is 0 Å². The summed E-state index contributed by atoms with van der Waals surface area (Å²) in [5, 5.41) is 4.05. The normalized spacial score (nSPS) is 14.7. The molecule has 1 N–H and O–H groups in total. The number of benzene rings is 1. The SMILES string of the molecule is COc1cc(I)c(Cl)cc1CNC1=NCCN1C. The molecule has 0 amide bonds. The van der Waals surface area contributed by atoms with Gasteiger partial charge in [0.25, 0.3) is 0 Å². The maximum absolute atomic E-state index is 6.14. The lowest BCUT2D eigenvalue weighted by Gasteiger charge is -2.16. The number of ether oxygens (including phenoxy) is 1. The van der Waals surface area contributed by atoms with Gasteiger partial charge in [0, 0.05) is 29.3 Å². The number of nitrogens with zero attached hydrogens (tertiary/aromatic N) is 2. The van der Waals surface area contributed by atoms with Crippen LogP contribution in [0.15, 0.2) is 17.1 Å². The van der Waals surface area contributed by atoms with Gasteiger partial charge in [-0.15, -0.1) is 0 Å². The minimum atomic E-state index is 0.656. The monoisotopic (exact) mass is 379 g/mol. The Morgan fingerprint density at radius 2 is 2.33 bits per heavy atom. The average Bonchev–Trinajstić information content (AvgIpc) is 2.76. The molecule has 0 aromatic heterocycles. The maximum Gasteiger partial charge on any atom is 0.194 e. The summed E-state index contributed by atoms with van der Waals surface area (Å²) in [6.45, 7) is 2.47. The van der Waals surface area contributed by atoms with E-state index in [1.165, 1.54) is 0 Å². The number of rotatable bonds is 3. The molecule has 1 aromatic rings. The molecule has 4 nitrogen and oxygen atoms in total. The van der Waals surface area contributed by atoms with Gasteiger partial charge in [-0.1, -0.05) is 11.6 Å². The van der Waals surface area contributed by atoms with Crippen LogP contribution < -0.4 is 10.1 Å². The van der Waals surface area contributed by atoms with Gasteiger partial charge >= 0.3 is 0 Å². The molecule has 0 atom stereocenters. The fourth-order valence-corrected chi connectivity index (χ4v) is 2.42. The van der Waals surface area contributed by atoms with Gasteiger partial charge in [-0.2, -0.15) is 0 Å². The first kappa shape index (κ1) is 13.7. The molecule has 0 spiro atoms. The third kappa shape index (κ3) is 3.00. The second-order valence-electron chi connectivity index (χ2n) is 4.06. The minimum absolute atomic E-state index is 0.656. The van der Waals surface area contributed by atoms with Gasteiger partial charge in [-0.3, -0.25) is 4.99 Å². The Balaban J connectivity index is 2.11. The molecule has 2 rings (SSSR count). The van der Waals surface area contributed by atoms with Crippen LogP contribution in [0, 0.1) is 3.57 Å². The van der Waals surface area contributed by atoms with Crippen molar-refractivity contribution < 1.29 is 4.74 Å². The third-order valence-corrected chi connectivity index (χ3v) is 4.34. The number of hydrogen-bond donors (Lipinski definition) is 1. The van der Waals surface area contributed by atoms with Crippen LogP contribution in [0.3, 0.4) is 0 Å². The zero-order valence-corrected chi connectivity index (χ0v) is 13.2. The predicted molar refractivity (Wildman–Crippen MR) is 82.5 cm³/mol. The molecule has 0 radical (unpaired) electrons. The van der Waals surface area contributed by atoms with Crippen molar-refractivity contribution in [2.45, 2.75) is 6.54 Å². The first-order chi connectivity index (χ1) is 8.61. The zero-order valence-electron chi connectivity index (χ0n) is 10.3. The van der Waals surface area contributed by atoms with Gasteiger partial charge in [-0.05, 0) is 34.7 Å². The number of nitrogens with one attached hydrogen (secondary N) is 1. The van der Waals surface area contributed by atoms with Crippen LogP contribution in [-0.4, -0.2) is 38.1 Å². The van der Waals surface area contributed by atoms with E-state index in [1.54, 1.807) is 7.11 Å². The highest BCUT2D eigenvalue weighted by atomic mass is 127. The molecule has 18 heavy (non-hydrogen) atoms. The predicted octanol–water partition coefficient (Wildman–Crippen LogP) is 2.34. The summed E-state index contributed by atoms with van der Waals surface area (Å²) >= 11 is 8.33.